The first kappa shape index (κ1) is 10.4. The maximum absolute atomic E-state index is 11.3. The predicted molar refractivity (Wildman–Crippen MR) is 58.6 cm³/mol. The Morgan fingerprint density at radius 2 is 2.33 bits per heavy atom. The highest BCUT2D eigenvalue weighted by atomic mass is 16.1. The standard InChI is InChI=1S/C12H18N2O/c1-9-6-10(14(3)13-9)7-12(2)5-4-11(15)8-12/h6H,4-5,7-8H2,1-3H3. The van der Waals surface area contributed by atoms with Crippen LogP contribution in [-0.4, -0.2) is 15.6 Å². The van der Waals surface area contributed by atoms with Crippen molar-refractivity contribution in [3.63, 3.8) is 0 Å². The summed E-state index contributed by atoms with van der Waals surface area (Å²) in [6, 6.07) is 2.12. The lowest BCUT2D eigenvalue weighted by Crippen LogP contribution is -2.17. The molecule has 1 aliphatic carbocycles. The predicted octanol–water partition coefficient (Wildman–Crippen LogP) is 2.03. The molecule has 0 aliphatic heterocycles. The molecule has 1 aromatic rings. The Hall–Kier alpha value is -1.12. The largest absolute Gasteiger partial charge is 0.300 e. The summed E-state index contributed by atoms with van der Waals surface area (Å²) in [5.74, 6) is 0.413. The highest BCUT2D eigenvalue weighted by molar-refractivity contribution is 5.81. The molecular formula is C12H18N2O. The molecule has 1 aliphatic rings. The van der Waals surface area contributed by atoms with Crippen LogP contribution < -0.4 is 0 Å². The average Bonchev–Trinajstić information content (AvgIpc) is 2.58. The Morgan fingerprint density at radius 1 is 1.60 bits per heavy atom. The van der Waals surface area contributed by atoms with Crippen LogP contribution >= 0.6 is 0 Å². The molecule has 15 heavy (non-hydrogen) atoms. The van der Waals surface area contributed by atoms with E-state index in [1.54, 1.807) is 0 Å². The second-order valence-electron chi connectivity index (χ2n) is 5.10. The Morgan fingerprint density at radius 3 is 2.80 bits per heavy atom. The fourth-order valence-corrected chi connectivity index (χ4v) is 2.51. The number of nitrogens with zero attached hydrogens (tertiary/aromatic N) is 2. The van der Waals surface area contributed by atoms with Crippen molar-refractivity contribution in [2.24, 2.45) is 12.5 Å². The van der Waals surface area contributed by atoms with E-state index < -0.39 is 0 Å². The molecule has 1 unspecified atom stereocenters. The molecule has 1 saturated carbocycles. The van der Waals surface area contributed by atoms with Crippen LogP contribution in [0.25, 0.3) is 0 Å². The Balaban J connectivity index is 2.15. The molecule has 2 rings (SSSR count). The van der Waals surface area contributed by atoms with Crippen molar-refractivity contribution in [1.29, 1.82) is 0 Å². The SMILES string of the molecule is Cc1cc(CC2(C)CCC(=O)C2)n(C)n1. The van der Waals surface area contributed by atoms with Gasteiger partial charge in [-0.15, -0.1) is 0 Å². The minimum atomic E-state index is 0.164. The second-order valence-corrected chi connectivity index (χ2v) is 5.10. The first-order valence-corrected chi connectivity index (χ1v) is 5.50. The van der Waals surface area contributed by atoms with Gasteiger partial charge in [-0.3, -0.25) is 9.48 Å². The topological polar surface area (TPSA) is 34.9 Å². The molecule has 0 radical (unpaired) electrons. The van der Waals surface area contributed by atoms with Crippen LogP contribution in [0.5, 0.6) is 0 Å². The van der Waals surface area contributed by atoms with Gasteiger partial charge in [0, 0.05) is 25.6 Å². The molecule has 1 aromatic heterocycles. The van der Waals surface area contributed by atoms with Gasteiger partial charge < -0.3 is 0 Å². The maximum atomic E-state index is 11.3. The summed E-state index contributed by atoms with van der Waals surface area (Å²) in [4.78, 5) is 11.3. The first-order chi connectivity index (χ1) is 6.98. The maximum Gasteiger partial charge on any atom is 0.133 e. The molecule has 0 bridgehead atoms. The summed E-state index contributed by atoms with van der Waals surface area (Å²) in [7, 11) is 1.97. The minimum absolute atomic E-state index is 0.164. The number of carbonyl (C=O) groups is 1. The van der Waals surface area contributed by atoms with Crippen LogP contribution in [0.4, 0.5) is 0 Å². The van der Waals surface area contributed by atoms with Crippen LogP contribution in [0.15, 0.2) is 6.07 Å². The summed E-state index contributed by atoms with van der Waals surface area (Å²) in [5, 5.41) is 4.33. The van der Waals surface area contributed by atoms with Crippen molar-refractivity contribution in [3.05, 3.63) is 17.5 Å². The molecule has 0 amide bonds. The van der Waals surface area contributed by atoms with Crippen LogP contribution in [-0.2, 0) is 18.3 Å². The Kier molecular flexibility index (Phi) is 2.41. The number of carbonyl (C=O) groups excluding carboxylic acids is 1. The van der Waals surface area contributed by atoms with Crippen molar-refractivity contribution in [2.45, 2.75) is 39.5 Å². The first-order valence-electron chi connectivity index (χ1n) is 5.50. The van der Waals surface area contributed by atoms with E-state index in [-0.39, 0.29) is 5.41 Å². The van der Waals surface area contributed by atoms with E-state index in [9.17, 15) is 4.79 Å². The smallest absolute Gasteiger partial charge is 0.133 e. The van der Waals surface area contributed by atoms with Gasteiger partial charge in [0.2, 0.25) is 0 Å². The zero-order chi connectivity index (χ0) is 11.1. The summed E-state index contributed by atoms with van der Waals surface area (Å²) in [6.45, 7) is 4.21. The van der Waals surface area contributed by atoms with E-state index in [1.807, 2.05) is 18.7 Å². The summed E-state index contributed by atoms with van der Waals surface area (Å²) < 4.78 is 1.93. The molecule has 0 N–H and O–H groups in total. The molecule has 1 atom stereocenters. The fourth-order valence-electron chi connectivity index (χ4n) is 2.51. The van der Waals surface area contributed by atoms with Gasteiger partial charge in [-0.25, -0.2) is 0 Å². The lowest BCUT2D eigenvalue weighted by atomic mass is 9.84. The van der Waals surface area contributed by atoms with E-state index in [1.165, 1.54) is 5.69 Å². The van der Waals surface area contributed by atoms with Crippen molar-refractivity contribution in [3.8, 4) is 0 Å². The number of aromatic nitrogens is 2. The van der Waals surface area contributed by atoms with Crippen molar-refractivity contribution < 1.29 is 4.79 Å². The molecule has 0 saturated heterocycles. The molecule has 3 heteroatoms. The van der Waals surface area contributed by atoms with E-state index >= 15 is 0 Å². The van der Waals surface area contributed by atoms with E-state index in [4.69, 9.17) is 0 Å². The summed E-state index contributed by atoms with van der Waals surface area (Å²) in [6.07, 6.45) is 3.48. The zero-order valence-corrected chi connectivity index (χ0v) is 9.71. The van der Waals surface area contributed by atoms with Gasteiger partial charge >= 0.3 is 0 Å². The lowest BCUT2D eigenvalue weighted by Gasteiger charge is -2.22. The zero-order valence-electron chi connectivity index (χ0n) is 9.71. The van der Waals surface area contributed by atoms with Crippen LogP contribution in [0.2, 0.25) is 0 Å². The Labute approximate surface area is 90.5 Å². The van der Waals surface area contributed by atoms with Crippen LogP contribution in [0.3, 0.4) is 0 Å². The molecule has 1 heterocycles. The normalized spacial score (nSPS) is 26.2. The van der Waals surface area contributed by atoms with Gasteiger partial charge in [-0.1, -0.05) is 6.92 Å². The highest BCUT2D eigenvalue weighted by Gasteiger charge is 2.34. The third kappa shape index (κ3) is 2.11. The molecule has 0 aromatic carbocycles. The number of hydrogen-bond acceptors (Lipinski definition) is 2. The quantitative estimate of drug-likeness (QED) is 0.742. The number of aryl methyl sites for hydroxylation is 2. The van der Waals surface area contributed by atoms with E-state index in [0.717, 1.165) is 31.4 Å². The molecule has 82 valence electrons. The molecule has 1 fully saturated rings. The lowest BCUT2D eigenvalue weighted by molar-refractivity contribution is -0.117. The van der Waals surface area contributed by atoms with Gasteiger partial charge in [0.25, 0.3) is 0 Å². The van der Waals surface area contributed by atoms with Crippen LogP contribution in [0.1, 0.15) is 37.6 Å². The second kappa shape index (κ2) is 3.47. The van der Waals surface area contributed by atoms with Crippen molar-refractivity contribution >= 4 is 5.78 Å². The number of Topliss-reactive ketones (excluding diaryl/α,β-unsaturated/α-hetero) is 1. The summed E-state index contributed by atoms with van der Waals surface area (Å²) in [5.41, 5.74) is 2.46. The van der Waals surface area contributed by atoms with Gasteiger partial charge in [0.1, 0.15) is 5.78 Å². The third-order valence-electron chi connectivity index (χ3n) is 3.34. The van der Waals surface area contributed by atoms with E-state index in [0.29, 0.717) is 5.78 Å². The van der Waals surface area contributed by atoms with Gasteiger partial charge in [-0.05, 0) is 31.2 Å². The molecule has 0 spiro atoms. The number of hydrogen-bond donors (Lipinski definition) is 0. The fraction of sp³-hybridized carbons (Fsp3) is 0.667. The third-order valence-corrected chi connectivity index (χ3v) is 3.34. The highest BCUT2D eigenvalue weighted by Crippen LogP contribution is 2.38. The van der Waals surface area contributed by atoms with Crippen molar-refractivity contribution in [2.75, 3.05) is 0 Å². The summed E-state index contributed by atoms with van der Waals surface area (Å²) >= 11 is 0. The van der Waals surface area contributed by atoms with Crippen molar-refractivity contribution in [1.82, 2.24) is 9.78 Å². The Bertz CT molecular complexity index is 394. The van der Waals surface area contributed by atoms with Gasteiger partial charge in [-0.2, -0.15) is 5.10 Å². The number of rotatable bonds is 2. The minimum Gasteiger partial charge on any atom is -0.300 e. The molecule has 3 nitrogen and oxygen atoms in total. The number of ketones is 1. The van der Waals surface area contributed by atoms with Crippen LogP contribution in [0, 0.1) is 12.3 Å². The van der Waals surface area contributed by atoms with Gasteiger partial charge in [0.15, 0.2) is 0 Å². The monoisotopic (exact) mass is 206 g/mol. The molecular weight excluding hydrogens is 188 g/mol. The van der Waals surface area contributed by atoms with Gasteiger partial charge in [0.05, 0.1) is 5.69 Å². The average molecular weight is 206 g/mol. The van der Waals surface area contributed by atoms with E-state index in [2.05, 4.69) is 18.1 Å².